The second-order valence-electron chi connectivity index (χ2n) is 10.1. The first kappa shape index (κ1) is 20.1. The number of fused-ring (bicyclic) bond motifs is 1. The van der Waals surface area contributed by atoms with Crippen LogP contribution in [-0.4, -0.2) is 25.5 Å². The zero-order chi connectivity index (χ0) is 22.6. The molecule has 7 rings (SSSR count). The van der Waals surface area contributed by atoms with Gasteiger partial charge in [-0.2, -0.15) is 0 Å². The molecule has 4 fully saturated rings. The molecule has 4 bridgehead atoms. The molecule has 1 aromatic heterocycles. The fourth-order valence-corrected chi connectivity index (χ4v) is 6.70. The summed E-state index contributed by atoms with van der Waals surface area (Å²) in [4.78, 5) is 20.4. The molecule has 0 atom stereocenters. The number of aliphatic hydroxyl groups is 1. The molecule has 0 spiro atoms. The topological polar surface area (TPSA) is 101 Å². The van der Waals surface area contributed by atoms with Gasteiger partial charge in [0.25, 0.3) is 5.69 Å². The summed E-state index contributed by atoms with van der Waals surface area (Å²) >= 11 is 0. The van der Waals surface area contributed by atoms with Gasteiger partial charge in [0.05, 0.1) is 16.0 Å². The number of rotatable bonds is 5. The largest absolute Gasteiger partial charge is 0.507 e. The highest BCUT2D eigenvalue weighted by Crippen LogP contribution is 2.56. The van der Waals surface area contributed by atoms with Crippen molar-refractivity contribution in [3.05, 3.63) is 69.9 Å². The Balaban J connectivity index is 1.45. The number of hydrogen-bond donors (Lipinski definition) is 2. The van der Waals surface area contributed by atoms with Crippen LogP contribution in [0.5, 0.6) is 0 Å². The van der Waals surface area contributed by atoms with Crippen molar-refractivity contribution in [2.45, 2.75) is 44.1 Å². The number of non-ortho nitro benzene ring substituents is 1. The normalized spacial score (nSPS) is 28.2. The van der Waals surface area contributed by atoms with E-state index in [-0.39, 0.29) is 17.0 Å². The molecule has 0 amide bonds. The van der Waals surface area contributed by atoms with Crippen molar-refractivity contribution in [2.24, 2.45) is 17.8 Å². The van der Waals surface area contributed by atoms with E-state index < -0.39 is 4.92 Å². The molecule has 0 unspecified atom stereocenters. The lowest BCUT2D eigenvalue weighted by atomic mass is 9.53. The number of benzene rings is 2. The average molecular weight is 443 g/mol. The average Bonchev–Trinajstić information content (AvgIpc) is 2.78. The lowest BCUT2D eigenvalue weighted by molar-refractivity contribution is -0.384. The van der Waals surface area contributed by atoms with Gasteiger partial charge in [0.15, 0.2) is 5.82 Å². The summed E-state index contributed by atoms with van der Waals surface area (Å²) in [6.07, 6.45) is 9.02. The van der Waals surface area contributed by atoms with Crippen LogP contribution in [-0.2, 0) is 0 Å². The van der Waals surface area contributed by atoms with Crippen LogP contribution in [0.25, 0.3) is 22.9 Å². The van der Waals surface area contributed by atoms with Crippen molar-refractivity contribution in [2.75, 3.05) is 5.32 Å². The first-order valence-electron chi connectivity index (χ1n) is 11.7. The minimum atomic E-state index is -0.414. The molecule has 4 aliphatic rings. The van der Waals surface area contributed by atoms with E-state index in [1.54, 1.807) is 12.1 Å². The van der Waals surface area contributed by atoms with E-state index in [4.69, 9.17) is 9.97 Å². The molecule has 7 heteroatoms. The summed E-state index contributed by atoms with van der Waals surface area (Å²) in [5.74, 6) is 2.98. The Morgan fingerprint density at radius 2 is 1.67 bits per heavy atom. The summed E-state index contributed by atoms with van der Waals surface area (Å²) in [6.45, 7) is 0. The highest BCUT2D eigenvalue weighted by molar-refractivity contribution is 5.85. The van der Waals surface area contributed by atoms with E-state index >= 15 is 0 Å². The van der Waals surface area contributed by atoms with Gasteiger partial charge >= 0.3 is 0 Å². The molecule has 1 heterocycles. The highest BCUT2D eigenvalue weighted by atomic mass is 16.6. The minimum absolute atomic E-state index is 0.00650. The lowest BCUT2D eigenvalue weighted by Crippen LogP contribution is -2.55. The molecule has 2 aromatic carbocycles. The van der Waals surface area contributed by atoms with Gasteiger partial charge in [0, 0.05) is 29.3 Å². The standard InChI is InChI=1S/C26H26N4O3/c31-24(19-4-2-1-3-5-19)12-23-25(28-22-11-20(30(32)33)6-7-21(22)27-23)29-26-13-16-8-17(14-26)10-18(9-16)15-26/h1-7,11-12,16-18,31H,8-10,13-15H2,(H,28,29)/b24-12-. The molecule has 33 heavy (non-hydrogen) atoms. The Morgan fingerprint density at radius 1 is 1.00 bits per heavy atom. The number of hydrogen-bond acceptors (Lipinski definition) is 6. The summed E-state index contributed by atoms with van der Waals surface area (Å²) in [5.41, 5.74) is 2.27. The zero-order valence-corrected chi connectivity index (χ0v) is 18.3. The van der Waals surface area contributed by atoms with Crippen molar-refractivity contribution in [1.82, 2.24) is 9.97 Å². The molecule has 7 nitrogen and oxygen atoms in total. The molecule has 4 saturated carbocycles. The maximum absolute atomic E-state index is 11.3. The number of aromatic nitrogens is 2. The molecule has 168 valence electrons. The molecule has 3 aromatic rings. The number of aliphatic hydroxyl groups excluding tert-OH is 1. The van der Waals surface area contributed by atoms with Crippen molar-refractivity contribution < 1.29 is 10.0 Å². The van der Waals surface area contributed by atoms with Gasteiger partial charge < -0.3 is 10.4 Å². The fraction of sp³-hybridized carbons (Fsp3) is 0.385. The van der Waals surface area contributed by atoms with Crippen LogP contribution >= 0.6 is 0 Å². The van der Waals surface area contributed by atoms with Crippen LogP contribution in [0.15, 0.2) is 48.5 Å². The van der Waals surface area contributed by atoms with Crippen LogP contribution in [0, 0.1) is 27.9 Å². The second-order valence-corrected chi connectivity index (χ2v) is 10.1. The first-order chi connectivity index (χ1) is 16.0. The number of nitro groups is 1. The van der Waals surface area contributed by atoms with E-state index in [1.165, 1.54) is 31.4 Å². The quantitative estimate of drug-likeness (QED) is 0.287. The van der Waals surface area contributed by atoms with E-state index in [1.807, 2.05) is 30.3 Å². The smallest absolute Gasteiger partial charge is 0.271 e. The van der Waals surface area contributed by atoms with Gasteiger partial charge in [0.1, 0.15) is 11.5 Å². The summed E-state index contributed by atoms with van der Waals surface area (Å²) in [5, 5.41) is 25.8. The Hall–Kier alpha value is -3.48. The fourth-order valence-electron chi connectivity index (χ4n) is 6.70. The lowest BCUT2D eigenvalue weighted by Gasteiger charge is -2.57. The van der Waals surface area contributed by atoms with Gasteiger partial charge in [0.2, 0.25) is 0 Å². The highest BCUT2D eigenvalue weighted by Gasteiger charge is 2.51. The van der Waals surface area contributed by atoms with Gasteiger partial charge in [-0.15, -0.1) is 0 Å². The molecular formula is C26H26N4O3. The van der Waals surface area contributed by atoms with Crippen LogP contribution in [0.2, 0.25) is 0 Å². The third kappa shape index (κ3) is 3.71. The number of nitro benzene ring substituents is 1. The molecule has 0 radical (unpaired) electrons. The number of nitrogens with zero attached hydrogens (tertiary/aromatic N) is 3. The molecular weight excluding hydrogens is 416 g/mol. The zero-order valence-electron chi connectivity index (χ0n) is 18.3. The Bertz CT molecular complexity index is 1240. The Labute approximate surface area is 191 Å². The van der Waals surface area contributed by atoms with Gasteiger partial charge in [-0.05, 0) is 62.3 Å². The maximum Gasteiger partial charge on any atom is 0.271 e. The first-order valence-corrected chi connectivity index (χ1v) is 11.7. The van der Waals surface area contributed by atoms with Gasteiger partial charge in [-0.1, -0.05) is 30.3 Å². The van der Waals surface area contributed by atoms with E-state index in [0.717, 1.165) is 37.0 Å². The van der Waals surface area contributed by atoms with E-state index in [2.05, 4.69) is 5.32 Å². The van der Waals surface area contributed by atoms with Crippen molar-refractivity contribution >= 4 is 34.4 Å². The summed E-state index contributed by atoms with van der Waals surface area (Å²) < 4.78 is 0. The van der Waals surface area contributed by atoms with Crippen LogP contribution in [0.4, 0.5) is 11.5 Å². The van der Waals surface area contributed by atoms with Crippen molar-refractivity contribution in [1.29, 1.82) is 0 Å². The van der Waals surface area contributed by atoms with Crippen LogP contribution < -0.4 is 5.32 Å². The summed E-state index contributed by atoms with van der Waals surface area (Å²) in [6, 6.07) is 13.9. The summed E-state index contributed by atoms with van der Waals surface area (Å²) in [7, 11) is 0. The van der Waals surface area contributed by atoms with E-state index in [9.17, 15) is 15.2 Å². The monoisotopic (exact) mass is 442 g/mol. The third-order valence-electron chi connectivity index (χ3n) is 7.65. The number of nitrogens with one attached hydrogen (secondary N) is 1. The molecule has 0 saturated heterocycles. The van der Waals surface area contributed by atoms with Gasteiger partial charge in [-0.25, -0.2) is 9.97 Å². The number of anilines is 1. The predicted molar refractivity (Wildman–Crippen MR) is 128 cm³/mol. The van der Waals surface area contributed by atoms with Crippen LogP contribution in [0.1, 0.15) is 49.8 Å². The van der Waals surface area contributed by atoms with Crippen molar-refractivity contribution in [3.63, 3.8) is 0 Å². The predicted octanol–water partition coefficient (Wildman–Crippen LogP) is 5.97. The van der Waals surface area contributed by atoms with Crippen LogP contribution in [0.3, 0.4) is 0 Å². The molecule has 4 aliphatic carbocycles. The van der Waals surface area contributed by atoms with Crippen molar-refractivity contribution in [3.8, 4) is 0 Å². The van der Waals surface area contributed by atoms with E-state index in [0.29, 0.717) is 28.1 Å². The Morgan fingerprint density at radius 3 is 2.30 bits per heavy atom. The van der Waals surface area contributed by atoms with Gasteiger partial charge in [-0.3, -0.25) is 10.1 Å². The second kappa shape index (κ2) is 7.54. The maximum atomic E-state index is 11.3. The third-order valence-corrected chi connectivity index (χ3v) is 7.65. The minimum Gasteiger partial charge on any atom is -0.507 e. The Kier molecular flexibility index (Phi) is 4.60. The SMILES string of the molecule is O=[N+]([O-])c1ccc2nc(/C=C(\O)c3ccccc3)c(NC34CC5CC(CC(C5)C3)C4)nc2c1. The molecule has 0 aliphatic heterocycles. The molecule has 2 N–H and O–H groups in total.